The average Bonchev–Trinajstić information content (AvgIpc) is 2.58. The van der Waals surface area contributed by atoms with Crippen LogP contribution in [0.15, 0.2) is 24.3 Å². The van der Waals surface area contributed by atoms with Gasteiger partial charge in [0.05, 0.1) is 19.8 Å². The fraction of sp³-hybridized carbons (Fsp3) is 0.333. The van der Waals surface area contributed by atoms with E-state index in [1.54, 1.807) is 38.5 Å². The highest BCUT2D eigenvalue weighted by molar-refractivity contribution is 6.26. The van der Waals surface area contributed by atoms with E-state index in [2.05, 4.69) is 0 Å². The molecule has 0 aliphatic carbocycles. The summed E-state index contributed by atoms with van der Waals surface area (Å²) in [6, 6.07) is 6.94. The molecule has 0 spiro atoms. The predicted octanol–water partition coefficient (Wildman–Crippen LogP) is 2.01. The summed E-state index contributed by atoms with van der Waals surface area (Å²) in [7, 11) is 6.92. The van der Waals surface area contributed by atoms with Gasteiger partial charge in [0, 0.05) is 29.4 Å². The van der Waals surface area contributed by atoms with Crippen molar-refractivity contribution in [1.29, 1.82) is 0 Å². The maximum absolute atomic E-state index is 12.9. The highest BCUT2D eigenvalue weighted by Gasteiger charge is 2.34. The first kappa shape index (κ1) is 16.3. The number of carbonyl (C=O) groups excluding carboxylic acids is 2. The Kier molecular flexibility index (Phi) is 4.15. The molecule has 2 aromatic carbocycles. The summed E-state index contributed by atoms with van der Waals surface area (Å²) in [6.07, 6.45) is 0. The standard InChI is InChI=1S/C18H20N2O4/c1-19(2)7-8-20-17(21)12-5-6-15(24-4)13-9-11(23-3)10-14(16(12)13)18(20)22/h5-6,9-10H,7-8H2,1-4H3. The molecular formula is C18H20N2O4. The number of hydrogen-bond acceptors (Lipinski definition) is 5. The molecule has 0 bridgehead atoms. The molecule has 6 nitrogen and oxygen atoms in total. The van der Waals surface area contributed by atoms with E-state index in [1.807, 2.05) is 19.0 Å². The van der Waals surface area contributed by atoms with Crippen molar-refractivity contribution in [2.24, 2.45) is 0 Å². The second-order valence-electron chi connectivity index (χ2n) is 5.98. The van der Waals surface area contributed by atoms with Gasteiger partial charge < -0.3 is 14.4 Å². The molecule has 3 rings (SSSR count). The Balaban J connectivity index is 2.22. The van der Waals surface area contributed by atoms with Gasteiger partial charge >= 0.3 is 0 Å². The third-order valence-electron chi connectivity index (χ3n) is 4.23. The lowest BCUT2D eigenvalue weighted by molar-refractivity contribution is 0.0601. The van der Waals surface area contributed by atoms with E-state index in [1.165, 1.54) is 4.90 Å². The van der Waals surface area contributed by atoms with Crippen LogP contribution in [0.5, 0.6) is 11.5 Å². The van der Waals surface area contributed by atoms with Crippen LogP contribution in [0.25, 0.3) is 10.8 Å². The number of ether oxygens (including phenoxy) is 2. The SMILES string of the molecule is COc1cc2c3c(ccc(OC)c3c1)C(=O)N(CCN(C)C)C2=O. The van der Waals surface area contributed by atoms with E-state index in [0.29, 0.717) is 46.5 Å². The van der Waals surface area contributed by atoms with Crippen molar-refractivity contribution < 1.29 is 19.1 Å². The van der Waals surface area contributed by atoms with Gasteiger partial charge in [0.25, 0.3) is 11.8 Å². The number of amides is 2. The van der Waals surface area contributed by atoms with Crippen LogP contribution in [0, 0.1) is 0 Å². The van der Waals surface area contributed by atoms with Gasteiger partial charge in [-0.1, -0.05) is 0 Å². The van der Waals surface area contributed by atoms with E-state index >= 15 is 0 Å². The molecule has 2 aromatic rings. The summed E-state index contributed by atoms with van der Waals surface area (Å²) in [4.78, 5) is 28.9. The summed E-state index contributed by atoms with van der Waals surface area (Å²) in [5.74, 6) is 0.595. The van der Waals surface area contributed by atoms with Crippen LogP contribution in [-0.2, 0) is 0 Å². The molecule has 0 saturated heterocycles. The number of carbonyl (C=O) groups is 2. The molecule has 1 aliphatic rings. The lowest BCUT2D eigenvalue weighted by Gasteiger charge is -2.28. The molecule has 24 heavy (non-hydrogen) atoms. The quantitative estimate of drug-likeness (QED) is 0.786. The van der Waals surface area contributed by atoms with Crippen molar-refractivity contribution in [3.8, 4) is 11.5 Å². The van der Waals surface area contributed by atoms with Crippen LogP contribution in [0.3, 0.4) is 0 Å². The lowest BCUT2D eigenvalue weighted by Crippen LogP contribution is -2.43. The number of hydrogen-bond donors (Lipinski definition) is 0. The summed E-state index contributed by atoms with van der Waals surface area (Å²) in [5, 5.41) is 1.34. The van der Waals surface area contributed by atoms with Crippen molar-refractivity contribution in [3.63, 3.8) is 0 Å². The summed E-state index contributed by atoms with van der Waals surface area (Å²) >= 11 is 0. The monoisotopic (exact) mass is 328 g/mol. The van der Waals surface area contributed by atoms with E-state index in [-0.39, 0.29) is 11.8 Å². The highest BCUT2D eigenvalue weighted by atomic mass is 16.5. The minimum absolute atomic E-state index is 0.271. The topological polar surface area (TPSA) is 59.1 Å². The van der Waals surface area contributed by atoms with Crippen LogP contribution in [-0.4, -0.2) is 63.0 Å². The van der Waals surface area contributed by atoms with Crippen molar-refractivity contribution >= 4 is 22.6 Å². The minimum Gasteiger partial charge on any atom is -0.497 e. The molecule has 2 amide bonds. The first-order chi connectivity index (χ1) is 11.5. The lowest BCUT2D eigenvalue weighted by atomic mass is 9.93. The Labute approximate surface area is 140 Å². The van der Waals surface area contributed by atoms with Gasteiger partial charge in [-0.2, -0.15) is 0 Å². The molecule has 0 fully saturated rings. The Hall–Kier alpha value is -2.60. The number of nitrogens with zero attached hydrogens (tertiary/aromatic N) is 2. The van der Waals surface area contributed by atoms with Crippen LogP contribution in [0.1, 0.15) is 20.7 Å². The molecule has 0 atom stereocenters. The molecule has 0 unspecified atom stereocenters. The Morgan fingerprint density at radius 3 is 2.33 bits per heavy atom. The second kappa shape index (κ2) is 6.13. The summed E-state index contributed by atoms with van der Waals surface area (Å²) in [5.41, 5.74) is 0.985. The number of benzene rings is 2. The molecule has 0 aromatic heterocycles. The first-order valence-corrected chi connectivity index (χ1v) is 7.67. The zero-order valence-corrected chi connectivity index (χ0v) is 14.3. The molecule has 0 N–H and O–H groups in total. The van der Waals surface area contributed by atoms with Crippen LogP contribution >= 0.6 is 0 Å². The molecular weight excluding hydrogens is 308 g/mol. The van der Waals surface area contributed by atoms with Gasteiger partial charge in [-0.25, -0.2) is 0 Å². The van der Waals surface area contributed by atoms with Gasteiger partial charge in [-0.3, -0.25) is 14.5 Å². The largest absolute Gasteiger partial charge is 0.497 e. The average molecular weight is 328 g/mol. The number of methoxy groups -OCH3 is 2. The van der Waals surface area contributed by atoms with Crippen LogP contribution in [0.4, 0.5) is 0 Å². The predicted molar refractivity (Wildman–Crippen MR) is 91.0 cm³/mol. The fourth-order valence-electron chi connectivity index (χ4n) is 2.96. The third kappa shape index (κ3) is 2.49. The smallest absolute Gasteiger partial charge is 0.261 e. The maximum Gasteiger partial charge on any atom is 0.261 e. The van der Waals surface area contributed by atoms with Crippen LogP contribution < -0.4 is 9.47 Å². The molecule has 0 saturated carbocycles. The number of likely N-dealkylation sites (N-methyl/N-ethyl adjacent to an activating group) is 1. The number of imide groups is 1. The zero-order valence-electron chi connectivity index (χ0n) is 14.3. The van der Waals surface area contributed by atoms with Gasteiger partial charge in [0.15, 0.2) is 0 Å². The Bertz CT molecular complexity index is 829. The number of rotatable bonds is 5. The fourth-order valence-corrected chi connectivity index (χ4v) is 2.96. The molecule has 1 heterocycles. The van der Waals surface area contributed by atoms with E-state index in [0.717, 1.165) is 0 Å². The van der Waals surface area contributed by atoms with Gasteiger partial charge in [-0.15, -0.1) is 0 Å². The normalized spacial score (nSPS) is 13.8. The van der Waals surface area contributed by atoms with Gasteiger partial charge in [0.1, 0.15) is 11.5 Å². The van der Waals surface area contributed by atoms with Crippen molar-refractivity contribution in [1.82, 2.24) is 9.80 Å². The molecule has 126 valence electrons. The van der Waals surface area contributed by atoms with Crippen LogP contribution in [0.2, 0.25) is 0 Å². The van der Waals surface area contributed by atoms with Crippen molar-refractivity contribution in [2.75, 3.05) is 41.4 Å². The van der Waals surface area contributed by atoms with E-state index < -0.39 is 0 Å². The molecule has 0 radical (unpaired) electrons. The zero-order chi connectivity index (χ0) is 17.4. The summed E-state index contributed by atoms with van der Waals surface area (Å²) in [6.45, 7) is 0.949. The molecule has 1 aliphatic heterocycles. The minimum atomic E-state index is -0.300. The first-order valence-electron chi connectivity index (χ1n) is 7.67. The third-order valence-corrected chi connectivity index (χ3v) is 4.23. The van der Waals surface area contributed by atoms with Gasteiger partial charge in [-0.05, 0) is 38.4 Å². The van der Waals surface area contributed by atoms with E-state index in [9.17, 15) is 9.59 Å². The Morgan fingerprint density at radius 2 is 1.71 bits per heavy atom. The van der Waals surface area contributed by atoms with Crippen molar-refractivity contribution in [3.05, 3.63) is 35.4 Å². The summed E-state index contributed by atoms with van der Waals surface area (Å²) < 4.78 is 10.7. The highest BCUT2D eigenvalue weighted by Crippen LogP contribution is 2.38. The van der Waals surface area contributed by atoms with Crippen molar-refractivity contribution in [2.45, 2.75) is 0 Å². The Morgan fingerprint density at radius 1 is 1.00 bits per heavy atom. The van der Waals surface area contributed by atoms with E-state index in [4.69, 9.17) is 9.47 Å². The second-order valence-corrected chi connectivity index (χ2v) is 5.98. The van der Waals surface area contributed by atoms with Gasteiger partial charge in [0.2, 0.25) is 0 Å². The maximum atomic E-state index is 12.9. The molecule has 6 heteroatoms.